The van der Waals surface area contributed by atoms with Gasteiger partial charge in [0.2, 0.25) is 5.75 Å². The number of hydrogen-bond donors (Lipinski definition) is 1. The van der Waals surface area contributed by atoms with Crippen molar-refractivity contribution in [3.05, 3.63) is 17.8 Å². The summed E-state index contributed by atoms with van der Waals surface area (Å²) >= 11 is 0. The van der Waals surface area contributed by atoms with E-state index < -0.39 is 0 Å². The number of pyridine rings is 1. The number of aryl methyl sites for hydroxylation is 1. The largest absolute Gasteiger partial charge is 0.493 e. The fraction of sp³-hybridized carbons (Fsp3) is 0.438. The zero-order chi connectivity index (χ0) is 15.4. The summed E-state index contributed by atoms with van der Waals surface area (Å²) in [4.78, 5) is 4.58. The second kappa shape index (κ2) is 6.52. The van der Waals surface area contributed by atoms with Gasteiger partial charge in [-0.05, 0) is 19.4 Å². The van der Waals surface area contributed by atoms with Crippen LogP contribution in [0.2, 0.25) is 0 Å². The van der Waals surface area contributed by atoms with Crippen molar-refractivity contribution in [2.75, 3.05) is 33.2 Å². The van der Waals surface area contributed by atoms with Crippen LogP contribution in [0.1, 0.15) is 19.0 Å². The molecule has 0 aliphatic heterocycles. The number of methoxy groups -OCH3 is 3. The van der Waals surface area contributed by atoms with Gasteiger partial charge in [0.25, 0.3) is 0 Å². The first-order valence-electron chi connectivity index (χ1n) is 7.00. The molecular formula is C16H22N2O3. The summed E-state index contributed by atoms with van der Waals surface area (Å²) in [7, 11) is 4.84. The maximum atomic E-state index is 5.57. The number of aromatic nitrogens is 1. The molecule has 21 heavy (non-hydrogen) atoms. The number of ether oxygens (including phenoxy) is 3. The molecule has 0 aliphatic carbocycles. The van der Waals surface area contributed by atoms with Gasteiger partial charge in [-0.2, -0.15) is 0 Å². The summed E-state index contributed by atoms with van der Waals surface area (Å²) < 4.78 is 16.4. The Hall–Kier alpha value is -2.17. The molecule has 5 nitrogen and oxygen atoms in total. The molecular weight excluding hydrogens is 268 g/mol. The van der Waals surface area contributed by atoms with E-state index in [1.807, 2.05) is 19.1 Å². The molecule has 1 aromatic heterocycles. The normalized spacial score (nSPS) is 10.5. The van der Waals surface area contributed by atoms with E-state index in [0.29, 0.717) is 17.2 Å². The van der Waals surface area contributed by atoms with Crippen molar-refractivity contribution in [3.63, 3.8) is 0 Å². The topological polar surface area (TPSA) is 52.6 Å². The van der Waals surface area contributed by atoms with Crippen molar-refractivity contribution in [3.8, 4) is 17.2 Å². The Morgan fingerprint density at radius 2 is 1.76 bits per heavy atom. The smallest absolute Gasteiger partial charge is 0.204 e. The molecule has 0 atom stereocenters. The maximum absolute atomic E-state index is 5.57. The molecule has 0 saturated heterocycles. The lowest BCUT2D eigenvalue weighted by Gasteiger charge is -2.17. The van der Waals surface area contributed by atoms with E-state index >= 15 is 0 Å². The van der Waals surface area contributed by atoms with Crippen molar-refractivity contribution < 1.29 is 14.2 Å². The van der Waals surface area contributed by atoms with Crippen LogP contribution in [0.5, 0.6) is 17.2 Å². The summed E-state index contributed by atoms with van der Waals surface area (Å²) in [6, 6.07) is 3.90. The number of anilines is 1. The third kappa shape index (κ3) is 2.82. The van der Waals surface area contributed by atoms with Crippen molar-refractivity contribution in [2.24, 2.45) is 0 Å². The highest BCUT2D eigenvalue weighted by molar-refractivity contribution is 6.00. The molecule has 0 aliphatic rings. The zero-order valence-electron chi connectivity index (χ0n) is 13.2. The molecule has 0 unspecified atom stereocenters. The molecule has 0 radical (unpaired) electrons. The van der Waals surface area contributed by atoms with Gasteiger partial charge in [-0.15, -0.1) is 0 Å². The van der Waals surface area contributed by atoms with E-state index in [4.69, 9.17) is 14.2 Å². The minimum absolute atomic E-state index is 0.581. The first kappa shape index (κ1) is 15.2. The molecule has 0 saturated carbocycles. The van der Waals surface area contributed by atoms with Crippen molar-refractivity contribution in [1.82, 2.24) is 4.98 Å². The van der Waals surface area contributed by atoms with Gasteiger partial charge < -0.3 is 19.5 Å². The van der Waals surface area contributed by atoms with Crippen LogP contribution >= 0.6 is 0 Å². The Kier molecular flexibility index (Phi) is 4.73. The van der Waals surface area contributed by atoms with Gasteiger partial charge in [0.1, 0.15) is 0 Å². The van der Waals surface area contributed by atoms with Crippen molar-refractivity contribution in [1.29, 1.82) is 0 Å². The predicted molar refractivity (Wildman–Crippen MR) is 84.9 cm³/mol. The Morgan fingerprint density at radius 3 is 2.33 bits per heavy atom. The second-order valence-corrected chi connectivity index (χ2v) is 4.78. The first-order chi connectivity index (χ1) is 10.2. The molecule has 0 fully saturated rings. The van der Waals surface area contributed by atoms with E-state index in [-0.39, 0.29) is 0 Å². The van der Waals surface area contributed by atoms with Crippen LogP contribution in [-0.2, 0) is 0 Å². The number of hydrogen-bond acceptors (Lipinski definition) is 5. The summed E-state index contributed by atoms with van der Waals surface area (Å²) in [6.07, 6.45) is 1.04. The Morgan fingerprint density at radius 1 is 1.05 bits per heavy atom. The highest BCUT2D eigenvalue weighted by Gasteiger charge is 2.19. The van der Waals surface area contributed by atoms with Gasteiger partial charge in [0, 0.05) is 24.0 Å². The van der Waals surface area contributed by atoms with Gasteiger partial charge in [-0.1, -0.05) is 6.92 Å². The number of rotatable bonds is 6. The first-order valence-corrected chi connectivity index (χ1v) is 7.00. The lowest BCUT2D eigenvalue weighted by atomic mass is 10.1. The van der Waals surface area contributed by atoms with Crippen LogP contribution in [0.3, 0.4) is 0 Å². The van der Waals surface area contributed by atoms with Crippen LogP contribution in [0.4, 0.5) is 5.69 Å². The lowest BCUT2D eigenvalue weighted by molar-refractivity contribution is 0.327. The quantitative estimate of drug-likeness (QED) is 0.883. The summed E-state index contributed by atoms with van der Waals surface area (Å²) in [5, 5.41) is 4.34. The van der Waals surface area contributed by atoms with Crippen LogP contribution in [0, 0.1) is 6.92 Å². The van der Waals surface area contributed by atoms with Crippen LogP contribution in [-0.4, -0.2) is 32.9 Å². The average molecular weight is 290 g/mol. The SMILES string of the molecule is CCCNc1cc(C)nc2cc(OC)c(OC)c(OC)c12. The molecule has 0 spiro atoms. The fourth-order valence-corrected chi connectivity index (χ4v) is 2.39. The summed E-state index contributed by atoms with van der Waals surface area (Å²) in [5.74, 6) is 1.83. The second-order valence-electron chi connectivity index (χ2n) is 4.78. The van der Waals surface area contributed by atoms with Gasteiger partial charge in [-0.3, -0.25) is 4.98 Å². The number of nitrogens with zero attached hydrogens (tertiary/aromatic N) is 1. The van der Waals surface area contributed by atoms with Crippen molar-refractivity contribution >= 4 is 16.6 Å². The van der Waals surface area contributed by atoms with E-state index in [1.54, 1.807) is 21.3 Å². The molecule has 0 amide bonds. The Labute approximate surface area is 125 Å². The van der Waals surface area contributed by atoms with Gasteiger partial charge in [-0.25, -0.2) is 0 Å². The van der Waals surface area contributed by atoms with Crippen LogP contribution in [0.15, 0.2) is 12.1 Å². The molecule has 1 aromatic carbocycles. The highest BCUT2D eigenvalue weighted by Crippen LogP contribution is 2.45. The Bertz CT molecular complexity index is 641. The van der Waals surface area contributed by atoms with Crippen LogP contribution in [0.25, 0.3) is 10.9 Å². The molecule has 114 valence electrons. The predicted octanol–water partition coefficient (Wildman–Crippen LogP) is 3.39. The van der Waals surface area contributed by atoms with Gasteiger partial charge in [0.15, 0.2) is 11.5 Å². The molecule has 1 N–H and O–H groups in total. The standard InChI is InChI=1S/C16H22N2O3/c1-6-7-17-11-8-10(2)18-12-9-13(19-3)15(20-4)16(21-5)14(11)12/h8-9H,6-7H2,1-5H3,(H,17,18). The van der Waals surface area contributed by atoms with Crippen molar-refractivity contribution in [2.45, 2.75) is 20.3 Å². The lowest BCUT2D eigenvalue weighted by Crippen LogP contribution is -2.04. The average Bonchev–Trinajstić information content (AvgIpc) is 2.50. The van der Waals surface area contributed by atoms with Gasteiger partial charge in [0.05, 0.1) is 32.2 Å². The van der Waals surface area contributed by atoms with Crippen LogP contribution < -0.4 is 19.5 Å². The highest BCUT2D eigenvalue weighted by atomic mass is 16.5. The maximum Gasteiger partial charge on any atom is 0.204 e. The summed E-state index contributed by atoms with van der Waals surface area (Å²) in [6.45, 7) is 4.99. The minimum atomic E-state index is 0.581. The number of nitrogens with one attached hydrogen (secondary N) is 1. The van der Waals surface area contributed by atoms with E-state index in [1.165, 1.54) is 0 Å². The fourth-order valence-electron chi connectivity index (χ4n) is 2.39. The molecule has 2 rings (SSSR count). The number of benzene rings is 1. The minimum Gasteiger partial charge on any atom is -0.493 e. The molecule has 2 aromatic rings. The monoisotopic (exact) mass is 290 g/mol. The van der Waals surface area contributed by atoms with E-state index in [0.717, 1.165) is 35.2 Å². The molecule has 1 heterocycles. The summed E-state index contributed by atoms with van der Waals surface area (Å²) in [5.41, 5.74) is 2.76. The molecule has 0 bridgehead atoms. The Balaban J connectivity index is 2.79. The van der Waals surface area contributed by atoms with Gasteiger partial charge >= 0.3 is 0 Å². The molecule has 5 heteroatoms. The third-order valence-electron chi connectivity index (χ3n) is 3.29. The zero-order valence-corrected chi connectivity index (χ0v) is 13.2. The van der Waals surface area contributed by atoms with E-state index in [9.17, 15) is 0 Å². The third-order valence-corrected chi connectivity index (χ3v) is 3.29. The number of fused-ring (bicyclic) bond motifs is 1. The van der Waals surface area contributed by atoms with E-state index in [2.05, 4.69) is 17.2 Å².